The molecule has 0 aliphatic carbocycles. The second-order valence-electron chi connectivity index (χ2n) is 2.04. The minimum Gasteiger partial charge on any atom is -0.273 e. The lowest BCUT2D eigenvalue weighted by Crippen LogP contribution is -1.94. The van der Waals surface area contributed by atoms with Crippen LogP contribution in [0.2, 0.25) is 0 Å². The number of rotatable bonds is 2. The number of aryl methyl sites for hydroxylation is 1. The van der Waals surface area contributed by atoms with E-state index >= 15 is 0 Å². The molecule has 2 nitrogen and oxygen atoms in total. The van der Waals surface area contributed by atoms with Crippen LogP contribution in [0, 0.1) is 12.3 Å². The normalized spacial score (nSPS) is 9.20. The molecule has 0 atom stereocenters. The molecule has 0 aliphatic rings. The summed E-state index contributed by atoms with van der Waals surface area (Å²) in [5.41, 5.74) is 0.976. The van der Waals surface area contributed by atoms with Crippen LogP contribution in [0.4, 0.5) is 0 Å². The highest BCUT2D eigenvalue weighted by Gasteiger charge is 1.92. The molecule has 0 saturated carbocycles. The molecule has 0 saturated heterocycles. The Hall–Kier alpha value is -1.23. The van der Waals surface area contributed by atoms with Crippen LogP contribution in [0.25, 0.3) is 0 Å². The SMILES string of the molecule is C#CCc1ccn(CC)n1. The summed E-state index contributed by atoms with van der Waals surface area (Å²) in [5, 5.41) is 4.19. The van der Waals surface area contributed by atoms with Gasteiger partial charge in [-0.15, -0.1) is 12.3 Å². The zero-order chi connectivity index (χ0) is 7.40. The highest BCUT2D eigenvalue weighted by atomic mass is 15.3. The van der Waals surface area contributed by atoms with Crippen LogP contribution in [0.15, 0.2) is 12.3 Å². The van der Waals surface area contributed by atoms with Gasteiger partial charge in [0.2, 0.25) is 0 Å². The van der Waals surface area contributed by atoms with E-state index in [-0.39, 0.29) is 0 Å². The molecule has 0 radical (unpaired) electrons. The number of hydrogen-bond donors (Lipinski definition) is 0. The first-order valence-corrected chi connectivity index (χ1v) is 3.32. The van der Waals surface area contributed by atoms with E-state index in [0.29, 0.717) is 6.42 Å². The van der Waals surface area contributed by atoms with Crippen molar-refractivity contribution in [3.63, 3.8) is 0 Å². The predicted molar refractivity (Wildman–Crippen MR) is 40.4 cm³/mol. The van der Waals surface area contributed by atoms with Gasteiger partial charge >= 0.3 is 0 Å². The third-order valence-electron chi connectivity index (χ3n) is 1.30. The summed E-state index contributed by atoms with van der Waals surface area (Å²) in [5.74, 6) is 2.55. The highest BCUT2D eigenvalue weighted by Crippen LogP contribution is 1.94. The smallest absolute Gasteiger partial charge is 0.0743 e. The summed E-state index contributed by atoms with van der Waals surface area (Å²) in [6.45, 7) is 2.96. The number of aromatic nitrogens is 2. The fourth-order valence-electron chi connectivity index (χ4n) is 0.779. The molecule has 1 rings (SSSR count). The van der Waals surface area contributed by atoms with E-state index < -0.39 is 0 Å². The van der Waals surface area contributed by atoms with Gasteiger partial charge in [-0.25, -0.2) is 0 Å². The van der Waals surface area contributed by atoms with Crippen LogP contribution in [-0.4, -0.2) is 9.78 Å². The summed E-state index contributed by atoms with van der Waals surface area (Å²) < 4.78 is 1.87. The maximum Gasteiger partial charge on any atom is 0.0743 e. The summed E-state index contributed by atoms with van der Waals surface area (Å²) in [6.07, 6.45) is 7.68. The molecule has 1 aromatic rings. The van der Waals surface area contributed by atoms with Gasteiger partial charge in [-0.2, -0.15) is 5.10 Å². The molecular formula is C8H10N2. The average Bonchev–Trinajstić information content (AvgIpc) is 2.37. The van der Waals surface area contributed by atoms with Crippen molar-refractivity contribution in [3.8, 4) is 12.3 Å². The molecule has 0 fully saturated rings. The van der Waals surface area contributed by atoms with Crippen molar-refractivity contribution in [2.45, 2.75) is 19.9 Å². The fourth-order valence-corrected chi connectivity index (χ4v) is 0.779. The molecule has 0 aromatic carbocycles. The Kier molecular flexibility index (Phi) is 2.11. The van der Waals surface area contributed by atoms with Gasteiger partial charge in [0.15, 0.2) is 0 Å². The van der Waals surface area contributed by atoms with Crippen LogP contribution in [0.1, 0.15) is 12.6 Å². The topological polar surface area (TPSA) is 17.8 Å². The molecule has 0 N–H and O–H groups in total. The van der Waals surface area contributed by atoms with Crippen molar-refractivity contribution >= 4 is 0 Å². The Morgan fingerprint density at radius 1 is 1.80 bits per heavy atom. The van der Waals surface area contributed by atoms with E-state index in [1.54, 1.807) is 0 Å². The lowest BCUT2D eigenvalue weighted by atomic mass is 10.3. The van der Waals surface area contributed by atoms with Crippen LogP contribution in [0.5, 0.6) is 0 Å². The first-order chi connectivity index (χ1) is 4.86. The third kappa shape index (κ3) is 1.38. The largest absolute Gasteiger partial charge is 0.273 e. The van der Waals surface area contributed by atoms with E-state index in [2.05, 4.69) is 11.0 Å². The van der Waals surface area contributed by atoms with E-state index in [1.807, 2.05) is 23.9 Å². The zero-order valence-corrected chi connectivity index (χ0v) is 6.04. The van der Waals surface area contributed by atoms with Gasteiger partial charge in [0.05, 0.1) is 12.1 Å². The minimum atomic E-state index is 0.632. The number of hydrogen-bond acceptors (Lipinski definition) is 1. The summed E-state index contributed by atoms with van der Waals surface area (Å²) in [4.78, 5) is 0. The summed E-state index contributed by atoms with van der Waals surface area (Å²) in [6, 6.07) is 1.95. The summed E-state index contributed by atoms with van der Waals surface area (Å²) >= 11 is 0. The Morgan fingerprint density at radius 2 is 2.60 bits per heavy atom. The van der Waals surface area contributed by atoms with Crippen molar-refractivity contribution in [2.75, 3.05) is 0 Å². The maximum absolute atomic E-state index is 5.11. The number of nitrogens with zero attached hydrogens (tertiary/aromatic N) is 2. The zero-order valence-electron chi connectivity index (χ0n) is 6.04. The minimum absolute atomic E-state index is 0.632. The molecule has 0 unspecified atom stereocenters. The molecule has 0 aliphatic heterocycles. The number of terminal acetylenes is 1. The first kappa shape index (κ1) is 6.88. The molecule has 1 heterocycles. The van der Waals surface area contributed by atoms with Crippen LogP contribution in [0.3, 0.4) is 0 Å². The van der Waals surface area contributed by atoms with Crippen molar-refractivity contribution in [1.82, 2.24) is 9.78 Å². The van der Waals surface area contributed by atoms with Crippen LogP contribution < -0.4 is 0 Å². The molecular weight excluding hydrogens is 124 g/mol. The van der Waals surface area contributed by atoms with E-state index in [1.165, 1.54) is 0 Å². The molecule has 1 aromatic heterocycles. The summed E-state index contributed by atoms with van der Waals surface area (Å²) in [7, 11) is 0. The van der Waals surface area contributed by atoms with Crippen LogP contribution in [-0.2, 0) is 13.0 Å². The average molecular weight is 134 g/mol. The standard InChI is InChI=1S/C8H10N2/c1-3-5-8-6-7-10(4-2)9-8/h1,6-7H,4-5H2,2H3. The van der Waals surface area contributed by atoms with Crippen molar-refractivity contribution < 1.29 is 0 Å². The van der Waals surface area contributed by atoms with Gasteiger partial charge in [-0.05, 0) is 13.0 Å². The van der Waals surface area contributed by atoms with Gasteiger partial charge in [0, 0.05) is 12.7 Å². The molecule has 0 amide bonds. The predicted octanol–water partition coefficient (Wildman–Crippen LogP) is 1.08. The molecule has 52 valence electrons. The monoisotopic (exact) mass is 134 g/mol. The second-order valence-corrected chi connectivity index (χ2v) is 2.04. The van der Waals surface area contributed by atoms with E-state index in [0.717, 1.165) is 12.2 Å². The maximum atomic E-state index is 5.11. The van der Waals surface area contributed by atoms with Gasteiger partial charge in [0.1, 0.15) is 0 Å². The molecule has 0 bridgehead atoms. The van der Waals surface area contributed by atoms with Crippen molar-refractivity contribution in [3.05, 3.63) is 18.0 Å². The Morgan fingerprint density at radius 3 is 3.10 bits per heavy atom. The second kappa shape index (κ2) is 3.07. The van der Waals surface area contributed by atoms with Crippen LogP contribution >= 0.6 is 0 Å². The Labute approximate surface area is 60.9 Å². The lowest BCUT2D eigenvalue weighted by molar-refractivity contribution is 0.651. The highest BCUT2D eigenvalue weighted by molar-refractivity contribution is 5.07. The molecule has 10 heavy (non-hydrogen) atoms. The van der Waals surface area contributed by atoms with E-state index in [9.17, 15) is 0 Å². The fraction of sp³-hybridized carbons (Fsp3) is 0.375. The van der Waals surface area contributed by atoms with Gasteiger partial charge < -0.3 is 0 Å². The quantitative estimate of drug-likeness (QED) is 0.553. The van der Waals surface area contributed by atoms with Gasteiger partial charge in [-0.3, -0.25) is 4.68 Å². The van der Waals surface area contributed by atoms with Gasteiger partial charge in [-0.1, -0.05) is 0 Å². The molecule has 0 spiro atoms. The van der Waals surface area contributed by atoms with E-state index in [4.69, 9.17) is 6.42 Å². The lowest BCUT2D eigenvalue weighted by Gasteiger charge is -1.90. The van der Waals surface area contributed by atoms with Gasteiger partial charge in [0.25, 0.3) is 0 Å². The van der Waals surface area contributed by atoms with Crippen molar-refractivity contribution in [1.29, 1.82) is 0 Å². The first-order valence-electron chi connectivity index (χ1n) is 3.32. The Bertz CT molecular complexity index is 242. The molecule has 2 heteroatoms. The Balaban J connectivity index is 2.70. The third-order valence-corrected chi connectivity index (χ3v) is 1.30. The van der Waals surface area contributed by atoms with Crippen molar-refractivity contribution in [2.24, 2.45) is 0 Å².